The average molecular weight is 306 g/mol. The van der Waals surface area contributed by atoms with E-state index in [1.165, 1.54) is 0 Å². The number of hydrogen-bond acceptors (Lipinski definition) is 4. The predicted octanol–water partition coefficient (Wildman–Crippen LogP) is 4.57. The standard InChI is InChI=1S/C15H16ClN3S/c1-3-15(2)9-20-14(19-15)18-12-7-6-11(16)10-5-4-8-17-13(10)12/h4-8H,3,9H2,1-2H3,(H,18,19). The molecule has 0 aliphatic carbocycles. The van der Waals surface area contributed by atoms with Crippen molar-refractivity contribution in [3.8, 4) is 0 Å². The van der Waals surface area contributed by atoms with Crippen LogP contribution in [0, 0.1) is 0 Å². The number of anilines is 1. The molecule has 3 nitrogen and oxygen atoms in total. The summed E-state index contributed by atoms with van der Waals surface area (Å²) in [6.07, 6.45) is 2.83. The lowest BCUT2D eigenvalue weighted by Crippen LogP contribution is -2.20. The number of aromatic nitrogens is 1. The molecule has 20 heavy (non-hydrogen) atoms. The Labute approximate surface area is 127 Å². The molecule has 1 aromatic heterocycles. The van der Waals surface area contributed by atoms with E-state index in [4.69, 9.17) is 16.6 Å². The van der Waals surface area contributed by atoms with Crippen LogP contribution in [0.4, 0.5) is 5.69 Å². The van der Waals surface area contributed by atoms with Gasteiger partial charge in [-0.3, -0.25) is 9.98 Å². The van der Waals surface area contributed by atoms with Gasteiger partial charge in [0, 0.05) is 17.3 Å². The number of amidine groups is 1. The van der Waals surface area contributed by atoms with E-state index in [2.05, 4.69) is 24.1 Å². The van der Waals surface area contributed by atoms with Crippen LogP contribution in [0.15, 0.2) is 35.5 Å². The molecule has 0 radical (unpaired) electrons. The SMILES string of the molecule is CCC1(C)CSC(Nc2ccc(Cl)c3cccnc23)=N1. The van der Waals surface area contributed by atoms with Crippen LogP contribution in [0.5, 0.6) is 0 Å². The Morgan fingerprint density at radius 3 is 3.00 bits per heavy atom. The molecule has 104 valence electrons. The Balaban J connectivity index is 1.97. The van der Waals surface area contributed by atoms with Crippen molar-refractivity contribution in [3.05, 3.63) is 35.5 Å². The Morgan fingerprint density at radius 2 is 2.25 bits per heavy atom. The molecule has 1 atom stereocenters. The third-order valence-corrected chi connectivity index (χ3v) is 5.17. The van der Waals surface area contributed by atoms with Gasteiger partial charge in [0.15, 0.2) is 5.17 Å². The van der Waals surface area contributed by atoms with Crippen molar-refractivity contribution in [3.63, 3.8) is 0 Å². The predicted molar refractivity (Wildman–Crippen MR) is 89.0 cm³/mol. The van der Waals surface area contributed by atoms with E-state index >= 15 is 0 Å². The first kappa shape index (κ1) is 13.7. The number of halogens is 1. The molecule has 0 fully saturated rings. The molecule has 2 aromatic rings. The zero-order valence-electron chi connectivity index (χ0n) is 11.5. The highest BCUT2D eigenvalue weighted by molar-refractivity contribution is 8.14. The van der Waals surface area contributed by atoms with Crippen molar-refractivity contribution in [1.82, 2.24) is 4.98 Å². The summed E-state index contributed by atoms with van der Waals surface area (Å²) in [6, 6.07) is 7.74. The first-order valence-corrected chi connectivity index (χ1v) is 8.00. The van der Waals surface area contributed by atoms with Gasteiger partial charge in [-0.15, -0.1) is 0 Å². The van der Waals surface area contributed by atoms with Gasteiger partial charge in [-0.2, -0.15) is 0 Å². The first-order valence-electron chi connectivity index (χ1n) is 6.64. The smallest absolute Gasteiger partial charge is 0.161 e. The number of hydrogen-bond donors (Lipinski definition) is 1. The summed E-state index contributed by atoms with van der Waals surface area (Å²) in [7, 11) is 0. The van der Waals surface area contributed by atoms with Gasteiger partial charge >= 0.3 is 0 Å². The lowest BCUT2D eigenvalue weighted by atomic mass is 10.0. The van der Waals surface area contributed by atoms with Crippen molar-refractivity contribution in [2.75, 3.05) is 11.1 Å². The monoisotopic (exact) mass is 305 g/mol. The van der Waals surface area contributed by atoms with Crippen molar-refractivity contribution < 1.29 is 0 Å². The maximum absolute atomic E-state index is 6.21. The molecule has 1 unspecified atom stereocenters. The summed E-state index contributed by atoms with van der Waals surface area (Å²) in [4.78, 5) is 9.20. The molecular formula is C15H16ClN3S. The van der Waals surface area contributed by atoms with Crippen molar-refractivity contribution >= 4 is 45.1 Å². The van der Waals surface area contributed by atoms with Gasteiger partial charge < -0.3 is 5.32 Å². The van der Waals surface area contributed by atoms with Crippen LogP contribution in [-0.4, -0.2) is 21.4 Å². The molecule has 1 aliphatic rings. The Kier molecular flexibility index (Phi) is 3.61. The first-order chi connectivity index (χ1) is 9.61. The van der Waals surface area contributed by atoms with Crippen LogP contribution in [0.3, 0.4) is 0 Å². The lowest BCUT2D eigenvalue weighted by molar-refractivity contribution is 0.523. The van der Waals surface area contributed by atoms with E-state index in [9.17, 15) is 0 Å². The molecule has 3 rings (SSSR count). The second-order valence-electron chi connectivity index (χ2n) is 5.18. The van der Waals surface area contributed by atoms with Crippen LogP contribution in [0.1, 0.15) is 20.3 Å². The Hall–Kier alpha value is -1.26. The van der Waals surface area contributed by atoms with Crippen molar-refractivity contribution in [2.24, 2.45) is 4.99 Å². The maximum Gasteiger partial charge on any atom is 0.161 e. The van der Waals surface area contributed by atoms with Crippen LogP contribution in [-0.2, 0) is 0 Å². The van der Waals surface area contributed by atoms with E-state index in [1.54, 1.807) is 18.0 Å². The second kappa shape index (κ2) is 5.26. The van der Waals surface area contributed by atoms with E-state index < -0.39 is 0 Å². The largest absolute Gasteiger partial charge is 0.333 e. The summed E-state index contributed by atoms with van der Waals surface area (Å²) < 4.78 is 0. The van der Waals surface area contributed by atoms with Gasteiger partial charge in [0.25, 0.3) is 0 Å². The molecule has 1 aromatic carbocycles. The van der Waals surface area contributed by atoms with E-state index in [1.807, 2.05) is 24.3 Å². The summed E-state index contributed by atoms with van der Waals surface area (Å²) in [5, 5.41) is 6.03. The Bertz CT molecular complexity index is 686. The summed E-state index contributed by atoms with van der Waals surface area (Å²) in [6.45, 7) is 4.36. The number of pyridine rings is 1. The maximum atomic E-state index is 6.21. The van der Waals surface area contributed by atoms with E-state index in [0.29, 0.717) is 0 Å². The average Bonchev–Trinajstić information content (AvgIpc) is 2.85. The minimum atomic E-state index is 0.0443. The quantitative estimate of drug-likeness (QED) is 0.883. The van der Waals surface area contributed by atoms with Gasteiger partial charge in [-0.1, -0.05) is 30.3 Å². The van der Waals surface area contributed by atoms with Crippen LogP contribution in [0.25, 0.3) is 10.9 Å². The zero-order chi connectivity index (χ0) is 14.2. The molecule has 0 saturated carbocycles. The fraction of sp³-hybridized carbons (Fsp3) is 0.333. The summed E-state index contributed by atoms with van der Waals surface area (Å²) >= 11 is 7.97. The summed E-state index contributed by atoms with van der Waals surface area (Å²) in [5.41, 5.74) is 1.88. The third-order valence-electron chi connectivity index (χ3n) is 3.61. The van der Waals surface area contributed by atoms with E-state index in [0.717, 1.165) is 39.0 Å². The fourth-order valence-electron chi connectivity index (χ4n) is 2.13. The molecule has 1 N–H and O–H groups in total. The Morgan fingerprint density at radius 1 is 1.40 bits per heavy atom. The van der Waals surface area contributed by atoms with Crippen molar-refractivity contribution in [1.29, 1.82) is 0 Å². The van der Waals surface area contributed by atoms with Crippen molar-refractivity contribution in [2.45, 2.75) is 25.8 Å². The van der Waals surface area contributed by atoms with Gasteiger partial charge in [0.1, 0.15) is 0 Å². The van der Waals surface area contributed by atoms with Gasteiger partial charge in [0.05, 0.1) is 21.8 Å². The second-order valence-corrected chi connectivity index (χ2v) is 6.55. The molecule has 0 amide bonds. The van der Waals surface area contributed by atoms with Crippen LogP contribution < -0.4 is 5.32 Å². The third kappa shape index (κ3) is 2.50. The number of aliphatic imine (C=N–C) groups is 1. The van der Waals surface area contributed by atoms with E-state index in [-0.39, 0.29) is 5.54 Å². The minimum absolute atomic E-state index is 0.0443. The van der Waals surface area contributed by atoms with Gasteiger partial charge in [-0.25, -0.2) is 0 Å². The van der Waals surface area contributed by atoms with Gasteiger partial charge in [-0.05, 0) is 37.6 Å². The topological polar surface area (TPSA) is 37.3 Å². The normalized spacial score (nSPS) is 22.1. The molecule has 1 aliphatic heterocycles. The highest BCUT2D eigenvalue weighted by atomic mass is 35.5. The molecule has 0 spiro atoms. The molecule has 0 saturated heterocycles. The number of benzene rings is 1. The van der Waals surface area contributed by atoms with Crippen LogP contribution in [0.2, 0.25) is 5.02 Å². The molecule has 5 heteroatoms. The lowest BCUT2D eigenvalue weighted by Gasteiger charge is -2.15. The fourth-order valence-corrected chi connectivity index (χ4v) is 3.53. The number of nitrogens with one attached hydrogen (secondary N) is 1. The summed E-state index contributed by atoms with van der Waals surface area (Å²) in [5.74, 6) is 1.02. The number of nitrogens with zero attached hydrogens (tertiary/aromatic N) is 2. The van der Waals surface area contributed by atoms with Gasteiger partial charge in [0.2, 0.25) is 0 Å². The highest BCUT2D eigenvalue weighted by Crippen LogP contribution is 2.33. The zero-order valence-corrected chi connectivity index (χ0v) is 13.1. The number of fused-ring (bicyclic) bond motifs is 1. The molecular weight excluding hydrogens is 290 g/mol. The number of thioether (sulfide) groups is 1. The minimum Gasteiger partial charge on any atom is -0.333 e. The van der Waals surface area contributed by atoms with Crippen LogP contribution >= 0.6 is 23.4 Å². The highest BCUT2D eigenvalue weighted by Gasteiger charge is 2.28. The molecule has 0 bridgehead atoms. The number of rotatable bonds is 2. The molecule has 2 heterocycles.